The average Bonchev–Trinajstić information content (AvgIpc) is 3.31. The molecule has 0 radical (unpaired) electrons. The van der Waals surface area contributed by atoms with Gasteiger partial charge in [-0.15, -0.1) is 0 Å². The summed E-state index contributed by atoms with van der Waals surface area (Å²) in [6.07, 6.45) is -12.1. The van der Waals surface area contributed by atoms with Gasteiger partial charge in [0.2, 0.25) is 5.91 Å². The van der Waals surface area contributed by atoms with E-state index in [-0.39, 0.29) is 18.1 Å². The van der Waals surface area contributed by atoms with Crippen LogP contribution in [0.5, 0.6) is 0 Å². The molecule has 0 aromatic heterocycles. The van der Waals surface area contributed by atoms with Crippen molar-refractivity contribution < 1.29 is 49.8 Å². The average molecular weight is 547 g/mol. The number of halogens is 7. The zero-order chi connectivity index (χ0) is 28.2. The molecule has 0 spiro atoms. The molecule has 0 aliphatic carbocycles. The summed E-state index contributed by atoms with van der Waals surface area (Å²) in [5.41, 5.74) is -2.74. The van der Waals surface area contributed by atoms with E-state index in [1.54, 1.807) is 6.92 Å². The van der Waals surface area contributed by atoms with Crippen molar-refractivity contribution in [1.29, 1.82) is 0 Å². The fourth-order valence-electron chi connectivity index (χ4n) is 5.46. The topological polar surface area (TPSA) is 55.8 Å². The van der Waals surface area contributed by atoms with Crippen LogP contribution < -0.4 is 0 Å². The number of esters is 1. The third-order valence-electron chi connectivity index (χ3n) is 7.25. The number of ether oxygens (including phenoxy) is 2. The molecule has 2 aromatic rings. The van der Waals surface area contributed by atoms with Crippen molar-refractivity contribution >= 4 is 11.9 Å². The molecule has 0 N–H and O–H groups in total. The number of carbonyl (C=O) groups is 2. The molecule has 38 heavy (non-hydrogen) atoms. The Labute approximate surface area is 213 Å². The van der Waals surface area contributed by atoms with Crippen LogP contribution in [0.3, 0.4) is 0 Å². The smallest absolute Gasteiger partial charge is 0.416 e. The first-order chi connectivity index (χ1) is 17.6. The minimum Gasteiger partial charge on any atom is -0.468 e. The lowest BCUT2D eigenvalue weighted by Gasteiger charge is -2.29. The Morgan fingerprint density at radius 1 is 1.00 bits per heavy atom. The van der Waals surface area contributed by atoms with E-state index >= 15 is 0 Å². The molecule has 2 heterocycles. The van der Waals surface area contributed by atoms with E-state index in [1.807, 2.05) is 0 Å². The van der Waals surface area contributed by atoms with Gasteiger partial charge in [0.05, 0.1) is 36.5 Å². The molecule has 5 nitrogen and oxygen atoms in total. The zero-order valence-corrected chi connectivity index (χ0v) is 20.4. The molecular weight excluding hydrogens is 523 g/mol. The molecule has 12 heteroatoms. The Morgan fingerprint density at radius 3 is 2.05 bits per heavy atom. The summed E-state index contributed by atoms with van der Waals surface area (Å²) in [7, 11) is 1.15. The molecule has 2 aromatic carbocycles. The Morgan fingerprint density at radius 2 is 1.55 bits per heavy atom. The first-order valence-electron chi connectivity index (χ1n) is 11.7. The first kappa shape index (κ1) is 27.9. The number of hydrogen-bond donors (Lipinski definition) is 0. The monoisotopic (exact) mass is 547 g/mol. The van der Waals surface area contributed by atoms with Crippen LogP contribution in [0.15, 0.2) is 42.5 Å². The number of methoxy groups -OCH3 is 1. The van der Waals surface area contributed by atoms with Crippen molar-refractivity contribution in [3.05, 3.63) is 70.5 Å². The largest absolute Gasteiger partial charge is 0.468 e. The van der Waals surface area contributed by atoms with Gasteiger partial charge < -0.3 is 14.4 Å². The van der Waals surface area contributed by atoms with Crippen molar-refractivity contribution in [2.75, 3.05) is 7.11 Å². The highest BCUT2D eigenvalue weighted by atomic mass is 19.4. The highest BCUT2D eigenvalue weighted by Crippen LogP contribution is 2.48. The summed E-state index contributed by atoms with van der Waals surface area (Å²) in [5, 5.41) is 0. The molecular formula is C26H24F7NO4. The number of hydrogen-bond acceptors (Lipinski definition) is 4. The quantitative estimate of drug-likeness (QED) is 0.266. The van der Waals surface area contributed by atoms with Gasteiger partial charge in [0.1, 0.15) is 11.7 Å². The van der Waals surface area contributed by atoms with Gasteiger partial charge in [0.15, 0.2) is 0 Å². The Kier molecular flexibility index (Phi) is 7.24. The molecule has 1 amide bonds. The fourth-order valence-corrected chi connectivity index (χ4v) is 5.46. The maximum absolute atomic E-state index is 13.7. The summed E-state index contributed by atoms with van der Waals surface area (Å²) in [6.45, 7) is 2.95. The Balaban J connectivity index is 1.72. The van der Waals surface area contributed by atoms with Gasteiger partial charge in [-0.1, -0.05) is 12.1 Å². The molecule has 2 aliphatic rings. The van der Waals surface area contributed by atoms with Crippen LogP contribution in [0, 0.1) is 11.7 Å². The predicted molar refractivity (Wildman–Crippen MR) is 119 cm³/mol. The number of fused-ring (bicyclic) bond motifs is 1. The molecule has 4 rings (SSSR count). The van der Waals surface area contributed by atoms with Crippen LogP contribution in [0.25, 0.3) is 0 Å². The summed E-state index contributed by atoms with van der Waals surface area (Å²) < 4.78 is 105. The third kappa shape index (κ3) is 5.10. The molecule has 2 saturated heterocycles. The maximum atomic E-state index is 13.7. The Bertz CT molecular complexity index is 1180. The molecule has 0 saturated carbocycles. The van der Waals surface area contributed by atoms with E-state index in [4.69, 9.17) is 9.47 Å². The van der Waals surface area contributed by atoms with Crippen molar-refractivity contribution in [2.45, 2.75) is 62.8 Å². The highest BCUT2D eigenvalue weighted by Gasteiger charge is 2.58. The third-order valence-corrected chi connectivity index (χ3v) is 7.25. The van der Waals surface area contributed by atoms with Gasteiger partial charge in [-0.05, 0) is 61.7 Å². The van der Waals surface area contributed by atoms with Crippen molar-refractivity contribution in [1.82, 2.24) is 4.90 Å². The van der Waals surface area contributed by atoms with Crippen LogP contribution in [0.2, 0.25) is 0 Å². The second-order valence-electron chi connectivity index (χ2n) is 9.52. The number of nitrogens with zero attached hydrogens (tertiary/aromatic N) is 1. The zero-order valence-electron chi connectivity index (χ0n) is 20.4. The van der Waals surface area contributed by atoms with E-state index < -0.39 is 77.3 Å². The van der Waals surface area contributed by atoms with E-state index in [0.717, 1.165) is 7.11 Å². The first-order valence-corrected chi connectivity index (χ1v) is 11.7. The normalized spacial score (nSPS) is 26.4. The van der Waals surface area contributed by atoms with Gasteiger partial charge in [-0.2, -0.15) is 26.3 Å². The number of amides is 1. The molecule has 2 fully saturated rings. The highest BCUT2D eigenvalue weighted by molar-refractivity contribution is 6.00. The van der Waals surface area contributed by atoms with Gasteiger partial charge in [0.25, 0.3) is 0 Å². The number of benzene rings is 2. The minimum atomic E-state index is -5.02. The maximum Gasteiger partial charge on any atom is 0.416 e. The van der Waals surface area contributed by atoms with E-state index in [1.165, 1.54) is 36.1 Å². The standard InChI is InChI=1S/C26H24F7NO4/c1-12-22(38-13(2)15-8-16(25(28,29)30)10-17(9-15)26(31,32)33)21(14-4-6-18(27)7-5-14)20-11-19(24(36)37-3)23(35)34(12)20/h4-10,12-13,19-22H,11H2,1-3H3/t12?,13-,19?,20+,21+,22+/m1/s1. The molecule has 2 aliphatic heterocycles. The molecule has 2 unspecified atom stereocenters. The number of rotatable bonds is 5. The lowest BCUT2D eigenvalue weighted by atomic mass is 9.85. The van der Waals surface area contributed by atoms with Crippen LogP contribution in [-0.2, 0) is 31.4 Å². The van der Waals surface area contributed by atoms with Crippen LogP contribution >= 0.6 is 0 Å². The van der Waals surface area contributed by atoms with E-state index in [0.29, 0.717) is 17.7 Å². The number of alkyl halides is 6. The molecule has 0 bridgehead atoms. The molecule has 6 atom stereocenters. The SMILES string of the molecule is COC(=O)C1C[C@H]2[C@H](c3ccc(F)cc3)[C@@H](O[C@H](C)c3cc(C(F)(F)F)cc(C(F)(F)F)c3)C(C)N2C1=O. The predicted octanol–water partition coefficient (Wildman–Crippen LogP) is 5.89. The second-order valence-corrected chi connectivity index (χ2v) is 9.52. The van der Waals surface area contributed by atoms with Gasteiger partial charge in [-0.25, -0.2) is 4.39 Å². The minimum absolute atomic E-state index is 0.0391. The second kappa shape index (κ2) is 9.87. The molecule has 206 valence electrons. The summed E-state index contributed by atoms with van der Waals surface area (Å²) in [5.74, 6) is -3.46. The van der Waals surface area contributed by atoms with Crippen molar-refractivity contribution in [2.24, 2.45) is 5.92 Å². The Hall–Kier alpha value is -3.15. The van der Waals surface area contributed by atoms with Crippen LogP contribution in [0.1, 0.15) is 54.5 Å². The van der Waals surface area contributed by atoms with Crippen molar-refractivity contribution in [3.8, 4) is 0 Å². The lowest BCUT2D eigenvalue weighted by Crippen LogP contribution is -2.40. The lowest BCUT2D eigenvalue weighted by molar-refractivity contribution is -0.152. The van der Waals surface area contributed by atoms with Gasteiger partial charge in [-0.3, -0.25) is 9.59 Å². The fraction of sp³-hybridized carbons (Fsp3) is 0.462. The summed E-state index contributed by atoms with van der Waals surface area (Å²) >= 11 is 0. The van der Waals surface area contributed by atoms with Crippen LogP contribution in [-0.4, -0.2) is 42.1 Å². The van der Waals surface area contributed by atoms with E-state index in [2.05, 4.69) is 0 Å². The van der Waals surface area contributed by atoms with Crippen LogP contribution in [0.4, 0.5) is 30.7 Å². The van der Waals surface area contributed by atoms with E-state index in [9.17, 15) is 40.3 Å². The van der Waals surface area contributed by atoms with Gasteiger partial charge in [0, 0.05) is 12.0 Å². The van der Waals surface area contributed by atoms with Gasteiger partial charge >= 0.3 is 18.3 Å². The summed E-state index contributed by atoms with van der Waals surface area (Å²) in [4.78, 5) is 26.7. The number of carbonyl (C=O) groups excluding carboxylic acids is 2. The summed E-state index contributed by atoms with van der Waals surface area (Å²) in [6, 6.07) is 5.29. The van der Waals surface area contributed by atoms with Crippen molar-refractivity contribution in [3.63, 3.8) is 0 Å².